The number of hydrogen-bond acceptors (Lipinski definition) is 5. The van der Waals surface area contributed by atoms with E-state index in [2.05, 4.69) is 11.9 Å². The van der Waals surface area contributed by atoms with E-state index in [0.29, 0.717) is 19.4 Å². The maximum absolute atomic E-state index is 12.4. The molecule has 1 amide bonds. The predicted octanol–water partition coefficient (Wildman–Crippen LogP) is 2.84. The third-order valence-corrected chi connectivity index (χ3v) is 5.02. The highest BCUT2D eigenvalue weighted by atomic mass is 16.7. The summed E-state index contributed by atoms with van der Waals surface area (Å²) in [5.74, 6) is 1.46. The average molecular weight is 359 g/mol. The van der Waals surface area contributed by atoms with Crippen LogP contribution in [0.3, 0.4) is 0 Å². The second kappa shape index (κ2) is 7.68. The number of fused-ring (bicyclic) bond motifs is 2. The van der Waals surface area contributed by atoms with Crippen LogP contribution >= 0.6 is 0 Å². The van der Waals surface area contributed by atoms with Crippen molar-refractivity contribution in [3.63, 3.8) is 0 Å². The molecule has 1 aromatic carbocycles. The molecule has 0 spiro atoms. The van der Waals surface area contributed by atoms with E-state index in [0.717, 1.165) is 60.5 Å². The van der Waals surface area contributed by atoms with Gasteiger partial charge in [-0.1, -0.05) is 12.2 Å². The molecule has 1 N–H and O–H groups in total. The third-order valence-electron chi connectivity index (χ3n) is 5.02. The Hall–Kier alpha value is -2.05. The summed E-state index contributed by atoms with van der Waals surface area (Å²) in [6, 6.07) is 3.95. The van der Waals surface area contributed by atoms with Gasteiger partial charge in [0.25, 0.3) is 0 Å². The van der Waals surface area contributed by atoms with Gasteiger partial charge in [0.2, 0.25) is 12.7 Å². The molecule has 3 heterocycles. The zero-order valence-electron chi connectivity index (χ0n) is 14.9. The average Bonchev–Trinajstić information content (AvgIpc) is 3.07. The third kappa shape index (κ3) is 4.02. The minimum atomic E-state index is -0.210. The molecule has 3 aliphatic heterocycles. The van der Waals surface area contributed by atoms with Crippen molar-refractivity contribution in [1.29, 1.82) is 0 Å². The van der Waals surface area contributed by atoms with E-state index in [-0.39, 0.29) is 25.1 Å². The van der Waals surface area contributed by atoms with E-state index >= 15 is 0 Å². The molecule has 140 valence electrons. The Bertz CT molecular complexity index is 696. The number of rotatable bonds is 2. The van der Waals surface area contributed by atoms with Gasteiger partial charge in [-0.2, -0.15) is 0 Å². The second-order valence-electron chi connectivity index (χ2n) is 7.14. The van der Waals surface area contributed by atoms with Crippen molar-refractivity contribution in [3.8, 4) is 11.5 Å². The van der Waals surface area contributed by atoms with E-state index < -0.39 is 0 Å². The first-order valence-electron chi connectivity index (χ1n) is 9.29. The molecule has 1 fully saturated rings. The van der Waals surface area contributed by atoms with Crippen LogP contribution in [-0.4, -0.2) is 31.7 Å². The SMILES string of the molecule is C=C1Cc2cc3c(cc2CNC(=O)C[C@H](OC2CCCCO2)C1)OCO3. The van der Waals surface area contributed by atoms with E-state index in [1.165, 1.54) is 0 Å². The van der Waals surface area contributed by atoms with Crippen LogP contribution in [0.15, 0.2) is 24.3 Å². The van der Waals surface area contributed by atoms with Crippen molar-refractivity contribution in [3.05, 3.63) is 35.4 Å². The minimum absolute atomic E-state index is 0.0240. The van der Waals surface area contributed by atoms with Gasteiger partial charge in [0.15, 0.2) is 17.8 Å². The lowest BCUT2D eigenvalue weighted by molar-refractivity contribution is -0.189. The lowest BCUT2D eigenvalue weighted by atomic mass is 9.94. The monoisotopic (exact) mass is 359 g/mol. The number of nitrogens with one attached hydrogen (secondary N) is 1. The van der Waals surface area contributed by atoms with Crippen LogP contribution in [0.4, 0.5) is 0 Å². The highest BCUT2D eigenvalue weighted by Crippen LogP contribution is 2.36. The summed E-state index contributed by atoms with van der Waals surface area (Å²) >= 11 is 0. The summed E-state index contributed by atoms with van der Waals surface area (Å²) in [6.45, 7) is 5.65. The Morgan fingerprint density at radius 3 is 2.69 bits per heavy atom. The van der Waals surface area contributed by atoms with Gasteiger partial charge >= 0.3 is 0 Å². The predicted molar refractivity (Wildman–Crippen MR) is 95.0 cm³/mol. The van der Waals surface area contributed by atoms with Gasteiger partial charge in [-0.05, 0) is 55.4 Å². The largest absolute Gasteiger partial charge is 0.454 e. The van der Waals surface area contributed by atoms with Gasteiger partial charge in [-0.25, -0.2) is 0 Å². The maximum Gasteiger partial charge on any atom is 0.231 e. The molecule has 26 heavy (non-hydrogen) atoms. The van der Waals surface area contributed by atoms with Crippen molar-refractivity contribution in [1.82, 2.24) is 5.32 Å². The lowest BCUT2D eigenvalue weighted by Crippen LogP contribution is -2.34. The molecular formula is C20H25NO5. The Morgan fingerprint density at radius 2 is 1.92 bits per heavy atom. The van der Waals surface area contributed by atoms with E-state index in [9.17, 15) is 4.79 Å². The van der Waals surface area contributed by atoms with Gasteiger partial charge in [-0.3, -0.25) is 4.79 Å². The zero-order chi connectivity index (χ0) is 17.9. The van der Waals surface area contributed by atoms with Gasteiger partial charge < -0.3 is 24.3 Å². The summed E-state index contributed by atoms with van der Waals surface area (Å²) in [5.41, 5.74) is 3.19. The number of carbonyl (C=O) groups is 1. The van der Waals surface area contributed by atoms with Crippen LogP contribution in [0.5, 0.6) is 11.5 Å². The fourth-order valence-electron chi connectivity index (χ4n) is 3.69. The number of hydrogen-bond donors (Lipinski definition) is 1. The molecule has 0 aromatic heterocycles. The number of amides is 1. The molecule has 6 heteroatoms. The summed E-state index contributed by atoms with van der Waals surface area (Å²) in [7, 11) is 0. The number of benzene rings is 1. The van der Waals surface area contributed by atoms with Crippen LogP contribution in [-0.2, 0) is 27.2 Å². The van der Waals surface area contributed by atoms with Gasteiger partial charge in [-0.15, -0.1) is 0 Å². The Morgan fingerprint density at radius 1 is 1.12 bits per heavy atom. The van der Waals surface area contributed by atoms with Crippen molar-refractivity contribution in [2.45, 2.75) is 57.5 Å². The highest BCUT2D eigenvalue weighted by molar-refractivity contribution is 5.76. The molecule has 0 saturated carbocycles. The van der Waals surface area contributed by atoms with Crippen molar-refractivity contribution in [2.24, 2.45) is 0 Å². The maximum atomic E-state index is 12.4. The Balaban J connectivity index is 1.50. The first-order valence-corrected chi connectivity index (χ1v) is 9.29. The first kappa shape index (κ1) is 17.4. The van der Waals surface area contributed by atoms with Gasteiger partial charge in [0, 0.05) is 13.2 Å². The van der Waals surface area contributed by atoms with E-state index in [4.69, 9.17) is 18.9 Å². The van der Waals surface area contributed by atoms with Crippen LogP contribution in [0.1, 0.15) is 43.2 Å². The van der Waals surface area contributed by atoms with Crippen LogP contribution < -0.4 is 14.8 Å². The molecule has 0 radical (unpaired) electrons. The van der Waals surface area contributed by atoms with E-state index in [1.54, 1.807) is 0 Å². The molecule has 1 unspecified atom stereocenters. The number of carbonyl (C=O) groups excluding carboxylic acids is 1. The van der Waals surface area contributed by atoms with Gasteiger partial charge in [0.1, 0.15) is 0 Å². The fraction of sp³-hybridized carbons (Fsp3) is 0.550. The fourth-order valence-corrected chi connectivity index (χ4v) is 3.69. The summed E-state index contributed by atoms with van der Waals surface area (Å²) in [4.78, 5) is 12.4. The molecule has 1 saturated heterocycles. The quantitative estimate of drug-likeness (QED) is 0.823. The normalized spacial score (nSPS) is 26.2. The molecular weight excluding hydrogens is 334 g/mol. The summed E-state index contributed by atoms with van der Waals surface area (Å²) in [5, 5.41) is 3.00. The molecule has 4 rings (SSSR count). The summed E-state index contributed by atoms with van der Waals surface area (Å²) < 4.78 is 22.7. The molecule has 6 nitrogen and oxygen atoms in total. The van der Waals surface area contributed by atoms with Crippen molar-refractivity contribution >= 4 is 5.91 Å². The zero-order valence-corrected chi connectivity index (χ0v) is 14.9. The first-order chi connectivity index (χ1) is 12.7. The number of ether oxygens (including phenoxy) is 4. The Labute approximate surface area is 153 Å². The van der Waals surface area contributed by atoms with Crippen molar-refractivity contribution < 1.29 is 23.7 Å². The molecule has 0 bridgehead atoms. The molecule has 3 aliphatic rings. The Kier molecular flexibility index (Phi) is 5.13. The van der Waals surface area contributed by atoms with E-state index in [1.807, 2.05) is 12.1 Å². The lowest BCUT2D eigenvalue weighted by Gasteiger charge is -2.28. The molecule has 1 aromatic rings. The van der Waals surface area contributed by atoms with Gasteiger partial charge in [0.05, 0.1) is 12.5 Å². The minimum Gasteiger partial charge on any atom is -0.454 e. The smallest absolute Gasteiger partial charge is 0.231 e. The molecule has 2 atom stereocenters. The van der Waals surface area contributed by atoms with Crippen molar-refractivity contribution in [2.75, 3.05) is 13.4 Å². The summed E-state index contributed by atoms with van der Waals surface area (Å²) in [6.07, 6.45) is 4.33. The second-order valence-corrected chi connectivity index (χ2v) is 7.14. The van der Waals surface area contributed by atoms with Crippen LogP contribution in [0.25, 0.3) is 0 Å². The van der Waals surface area contributed by atoms with Crippen LogP contribution in [0, 0.1) is 0 Å². The topological polar surface area (TPSA) is 66.0 Å². The standard InChI is InChI=1S/C20H25NO5/c1-13-6-14-8-17-18(25-12-24-17)9-15(14)11-21-19(22)10-16(7-13)26-20-4-2-3-5-23-20/h8-9,16,20H,1-7,10-12H2,(H,21,22)/t16-,20?/m1/s1. The molecule has 0 aliphatic carbocycles. The van der Waals surface area contributed by atoms with Crippen LogP contribution in [0.2, 0.25) is 0 Å². The highest BCUT2D eigenvalue weighted by Gasteiger charge is 2.25.